The highest BCUT2D eigenvalue weighted by Gasteiger charge is 2.29. The number of halogens is 1. The van der Waals surface area contributed by atoms with E-state index in [1.54, 1.807) is 13.8 Å². The van der Waals surface area contributed by atoms with Crippen molar-refractivity contribution in [3.63, 3.8) is 0 Å². The molecule has 7 nitrogen and oxygen atoms in total. The Morgan fingerprint density at radius 1 is 1.39 bits per heavy atom. The van der Waals surface area contributed by atoms with Crippen molar-refractivity contribution in [1.82, 2.24) is 9.78 Å². The van der Waals surface area contributed by atoms with Crippen LogP contribution in [0.15, 0.2) is 22.7 Å². The van der Waals surface area contributed by atoms with Crippen LogP contribution in [0.2, 0.25) is 0 Å². The van der Waals surface area contributed by atoms with Gasteiger partial charge in [0.05, 0.1) is 10.8 Å². The Kier molecular flexibility index (Phi) is 4.84. The Labute approximate surface area is 142 Å². The van der Waals surface area contributed by atoms with Gasteiger partial charge in [0.2, 0.25) is 0 Å². The molecule has 0 spiro atoms. The lowest BCUT2D eigenvalue weighted by molar-refractivity contribution is -0.390. The topological polar surface area (TPSA) is 90.1 Å². The number of rotatable bonds is 4. The first kappa shape index (κ1) is 17.1. The summed E-state index contributed by atoms with van der Waals surface area (Å²) >= 11 is 3.15. The molecule has 2 aromatic rings. The van der Waals surface area contributed by atoms with Crippen LogP contribution in [0.25, 0.3) is 0 Å². The summed E-state index contributed by atoms with van der Waals surface area (Å²) in [5.74, 6) is -0.585. The molecule has 0 aliphatic rings. The zero-order chi connectivity index (χ0) is 17.3. The quantitative estimate of drug-likeness (QED) is 0.646. The van der Waals surface area contributed by atoms with Gasteiger partial charge in [-0.2, -0.15) is 4.68 Å². The van der Waals surface area contributed by atoms with Crippen LogP contribution in [0.3, 0.4) is 0 Å². The van der Waals surface area contributed by atoms with Crippen LogP contribution < -0.4 is 5.32 Å². The van der Waals surface area contributed by atoms with Crippen molar-refractivity contribution >= 4 is 33.3 Å². The molecule has 8 heteroatoms. The number of carbonyl (C=O) groups excluding carboxylic acids is 1. The third-order valence-electron chi connectivity index (χ3n) is 3.62. The highest BCUT2D eigenvalue weighted by molar-refractivity contribution is 9.10. The molecule has 0 saturated heterocycles. The molecule has 1 N–H and O–H groups in total. The molecule has 23 heavy (non-hydrogen) atoms. The molecule has 0 saturated carbocycles. The van der Waals surface area contributed by atoms with E-state index in [2.05, 4.69) is 26.3 Å². The van der Waals surface area contributed by atoms with Gasteiger partial charge >= 0.3 is 5.82 Å². The standard InChI is InChI=1S/C15H17BrN4O3/c1-8-5-6-12(9(2)7-8)17-15(21)11(4)19-10(3)13(16)14(18-19)20(22)23/h5-7,11H,1-4H3,(H,17,21). The van der Waals surface area contributed by atoms with Crippen molar-refractivity contribution in [3.05, 3.63) is 49.6 Å². The fourth-order valence-corrected chi connectivity index (χ4v) is 2.68. The molecule has 0 aliphatic heterocycles. The van der Waals surface area contributed by atoms with Gasteiger partial charge in [-0.15, -0.1) is 0 Å². The summed E-state index contributed by atoms with van der Waals surface area (Å²) in [5.41, 5.74) is 3.30. The van der Waals surface area contributed by atoms with Gasteiger partial charge in [-0.05, 0) is 60.2 Å². The molecule has 0 fully saturated rings. The predicted octanol–water partition coefficient (Wildman–Crippen LogP) is 3.68. The Balaban J connectivity index is 2.26. The summed E-state index contributed by atoms with van der Waals surface area (Å²) in [6.07, 6.45) is 0. The smallest absolute Gasteiger partial charge is 0.358 e. The number of hydrogen-bond donors (Lipinski definition) is 1. The van der Waals surface area contributed by atoms with Crippen LogP contribution in [-0.4, -0.2) is 20.6 Å². The second-order valence-electron chi connectivity index (χ2n) is 5.41. The first-order valence-electron chi connectivity index (χ1n) is 6.99. The van der Waals surface area contributed by atoms with Gasteiger partial charge in [0.25, 0.3) is 5.91 Å². The molecule has 1 amide bonds. The zero-order valence-electron chi connectivity index (χ0n) is 13.3. The minimum absolute atomic E-state index is 0.286. The van der Waals surface area contributed by atoms with Crippen molar-refractivity contribution in [1.29, 1.82) is 0 Å². The highest BCUT2D eigenvalue weighted by atomic mass is 79.9. The maximum Gasteiger partial charge on any atom is 0.404 e. The minimum atomic E-state index is -0.680. The van der Waals surface area contributed by atoms with Gasteiger partial charge in [0.1, 0.15) is 10.5 Å². The monoisotopic (exact) mass is 380 g/mol. The summed E-state index contributed by atoms with van der Waals surface area (Å²) in [6.45, 7) is 7.21. The molecular weight excluding hydrogens is 364 g/mol. The Morgan fingerprint density at radius 2 is 2.04 bits per heavy atom. The van der Waals surface area contributed by atoms with E-state index in [-0.39, 0.29) is 16.2 Å². The SMILES string of the molecule is Cc1ccc(NC(=O)C(C)n2nc([N+](=O)[O-])c(Br)c2C)c(C)c1. The molecule has 1 aromatic heterocycles. The predicted molar refractivity (Wildman–Crippen MR) is 90.6 cm³/mol. The number of aryl methyl sites for hydroxylation is 2. The molecule has 0 radical (unpaired) electrons. The molecule has 0 bridgehead atoms. The molecule has 1 unspecified atom stereocenters. The van der Waals surface area contributed by atoms with Gasteiger partial charge < -0.3 is 15.4 Å². The van der Waals surface area contributed by atoms with E-state index < -0.39 is 11.0 Å². The molecular formula is C15H17BrN4O3. The maximum atomic E-state index is 12.4. The third-order valence-corrected chi connectivity index (χ3v) is 4.55. The number of anilines is 1. The number of carbonyl (C=O) groups is 1. The van der Waals surface area contributed by atoms with E-state index in [4.69, 9.17) is 0 Å². The van der Waals surface area contributed by atoms with Crippen LogP contribution in [0.5, 0.6) is 0 Å². The van der Waals surface area contributed by atoms with Gasteiger partial charge in [-0.25, -0.2) is 0 Å². The lowest BCUT2D eigenvalue weighted by atomic mass is 10.1. The largest absolute Gasteiger partial charge is 0.404 e. The molecule has 2 rings (SSSR count). The summed E-state index contributed by atoms with van der Waals surface area (Å²) in [6, 6.07) is 5.04. The number of benzene rings is 1. The second kappa shape index (κ2) is 6.49. The Bertz CT molecular complexity index is 785. The summed E-state index contributed by atoms with van der Waals surface area (Å²) in [7, 11) is 0. The van der Waals surface area contributed by atoms with Crippen molar-refractivity contribution in [2.45, 2.75) is 33.7 Å². The van der Waals surface area contributed by atoms with Gasteiger partial charge in [-0.3, -0.25) is 4.79 Å². The Hall–Kier alpha value is -2.22. The number of nitrogens with one attached hydrogen (secondary N) is 1. The van der Waals surface area contributed by atoms with Gasteiger partial charge in [0, 0.05) is 5.69 Å². The van der Waals surface area contributed by atoms with E-state index in [0.29, 0.717) is 11.4 Å². The third kappa shape index (κ3) is 3.42. The van der Waals surface area contributed by atoms with Crippen LogP contribution in [-0.2, 0) is 4.79 Å². The van der Waals surface area contributed by atoms with Crippen molar-refractivity contribution in [3.8, 4) is 0 Å². The van der Waals surface area contributed by atoms with Gasteiger partial charge in [-0.1, -0.05) is 17.7 Å². The van der Waals surface area contributed by atoms with E-state index in [9.17, 15) is 14.9 Å². The fourth-order valence-electron chi connectivity index (χ4n) is 2.28. The van der Waals surface area contributed by atoms with Crippen LogP contribution in [0.4, 0.5) is 11.5 Å². The number of amides is 1. The molecule has 0 aliphatic carbocycles. The highest BCUT2D eigenvalue weighted by Crippen LogP contribution is 2.29. The fraction of sp³-hybridized carbons (Fsp3) is 0.333. The van der Waals surface area contributed by atoms with Gasteiger partial charge in [0.15, 0.2) is 0 Å². The molecule has 1 aromatic carbocycles. The van der Waals surface area contributed by atoms with Crippen molar-refractivity contribution in [2.24, 2.45) is 0 Å². The average Bonchev–Trinajstić information content (AvgIpc) is 2.77. The zero-order valence-corrected chi connectivity index (χ0v) is 14.8. The minimum Gasteiger partial charge on any atom is -0.358 e. The first-order chi connectivity index (χ1) is 10.7. The number of nitrogens with zero attached hydrogens (tertiary/aromatic N) is 3. The lowest BCUT2D eigenvalue weighted by Crippen LogP contribution is -2.25. The summed E-state index contributed by atoms with van der Waals surface area (Å²) < 4.78 is 1.63. The second-order valence-corrected chi connectivity index (χ2v) is 6.20. The van der Waals surface area contributed by atoms with Crippen molar-refractivity contribution in [2.75, 3.05) is 5.32 Å². The number of aromatic nitrogens is 2. The van der Waals surface area contributed by atoms with Crippen molar-refractivity contribution < 1.29 is 9.72 Å². The molecule has 122 valence electrons. The van der Waals surface area contributed by atoms with E-state index in [0.717, 1.165) is 11.1 Å². The Morgan fingerprint density at radius 3 is 2.57 bits per heavy atom. The molecule has 1 atom stereocenters. The van der Waals surface area contributed by atoms with Crippen LogP contribution in [0, 0.1) is 30.9 Å². The van der Waals surface area contributed by atoms with E-state index >= 15 is 0 Å². The molecule has 1 heterocycles. The van der Waals surface area contributed by atoms with Crippen LogP contribution >= 0.6 is 15.9 Å². The summed E-state index contributed by atoms with van der Waals surface area (Å²) in [5, 5.41) is 17.7. The average molecular weight is 381 g/mol. The normalized spacial score (nSPS) is 12.0. The number of hydrogen-bond acceptors (Lipinski definition) is 4. The maximum absolute atomic E-state index is 12.4. The van der Waals surface area contributed by atoms with E-state index in [1.807, 2.05) is 32.0 Å². The van der Waals surface area contributed by atoms with Crippen LogP contribution in [0.1, 0.15) is 29.8 Å². The first-order valence-corrected chi connectivity index (χ1v) is 7.78. The van der Waals surface area contributed by atoms with E-state index in [1.165, 1.54) is 4.68 Å². The lowest BCUT2D eigenvalue weighted by Gasteiger charge is -2.13. The summed E-state index contributed by atoms with van der Waals surface area (Å²) in [4.78, 5) is 22.8. The number of nitro groups is 1.